The van der Waals surface area contributed by atoms with Crippen molar-refractivity contribution in [3.63, 3.8) is 0 Å². The molecule has 6 nitrogen and oxygen atoms in total. The lowest BCUT2D eigenvalue weighted by molar-refractivity contribution is -0.119. The second kappa shape index (κ2) is 11.5. The summed E-state index contributed by atoms with van der Waals surface area (Å²) >= 11 is 0. The van der Waals surface area contributed by atoms with Gasteiger partial charge in [-0.05, 0) is 57.5 Å². The molecule has 2 unspecified atom stereocenters. The average Bonchev–Trinajstić information content (AvgIpc) is 2.90. The first-order chi connectivity index (χ1) is 13.0. The molecule has 2 saturated heterocycles. The van der Waals surface area contributed by atoms with Crippen LogP contribution in [0, 0.1) is 11.8 Å². The highest BCUT2D eigenvalue weighted by atomic mass is 16.1. The van der Waals surface area contributed by atoms with Gasteiger partial charge in [-0.1, -0.05) is 26.7 Å². The summed E-state index contributed by atoms with van der Waals surface area (Å²) in [5.41, 5.74) is 5.42. The van der Waals surface area contributed by atoms with Crippen molar-refractivity contribution < 1.29 is 4.79 Å². The van der Waals surface area contributed by atoms with Gasteiger partial charge in [0.15, 0.2) is 5.96 Å². The van der Waals surface area contributed by atoms with Gasteiger partial charge in [-0.15, -0.1) is 0 Å². The fourth-order valence-corrected chi connectivity index (χ4v) is 4.49. The Morgan fingerprint density at radius 3 is 2.44 bits per heavy atom. The van der Waals surface area contributed by atoms with E-state index in [2.05, 4.69) is 35.9 Å². The van der Waals surface area contributed by atoms with Gasteiger partial charge in [0.2, 0.25) is 5.91 Å². The number of rotatable bonds is 7. The number of piperidine rings is 1. The number of carbonyl (C=O) groups is 1. The summed E-state index contributed by atoms with van der Waals surface area (Å²) in [4.78, 5) is 21.4. The first-order valence-electron chi connectivity index (χ1n) is 11.1. The van der Waals surface area contributed by atoms with Crippen molar-refractivity contribution in [2.24, 2.45) is 22.6 Å². The van der Waals surface area contributed by atoms with Crippen molar-refractivity contribution in [3.8, 4) is 0 Å². The van der Waals surface area contributed by atoms with Crippen LogP contribution in [0.15, 0.2) is 4.99 Å². The Morgan fingerprint density at radius 2 is 1.85 bits per heavy atom. The van der Waals surface area contributed by atoms with Crippen LogP contribution in [0.5, 0.6) is 0 Å². The number of aliphatic imine (C=N–C) groups is 1. The number of hydrogen-bond acceptors (Lipinski definition) is 3. The van der Waals surface area contributed by atoms with E-state index in [1.165, 1.54) is 38.8 Å². The number of amides is 1. The second-order valence-corrected chi connectivity index (χ2v) is 8.58. The highest BCUT2D eigenvalue weighted by Gasteiger charge is 2.26. The Hall–Kier alpha value is -1.30. The first-order valence-corrected chi connectivity index (χ1v) is 11.1. The largest absolute Gasteiger partial charge is 0.370 e. The van der Waals surface area contributed by atoms with Crippen molar-refractivity contribution in [1.82, 2.24) is 15.1 Å². The SMILES string of the molecule is CCNC(=NCC(C(C)C)N1CCCCCC1)N1CCCC(CC(N)=O)C1. The third-order valence-electron chi connectivity index (χ3n) is 5.95. The topological polar surface area (TPSA) is 74.0 Å². The van der Waals surface area contributed by atoms with Crippen LogP contribution in [-0.4, -0.2) is 67.0 Å². The second-order valence-electron chi connectivity index (χ2n) is 8.58. The van der Waals surface area contributed by atoms with E-state index in [-0.39, 0.29) is 5.91 Å². The first kappa shape index (κ1) is 22.0. The molecular weight excluding hydrogens is 338 g/mol. The molecule has 156 valence electrons. The summed E-state index contributed by atoms with van der Waals surface area (Å²) in [7, 11) is 0. The Labute approximate surface area is 165 Å². The molecule has 0 aromatic rings. The van der Waals surface area contributed by atoms with Gasteiger partial charge in [0, 0.05) is 32.1 Å². The zero-order chi connectivity index (χ0) is 19.6. The van der Waals surface area contributed by atoms with E-state index in [1.54, 1.807) is 0 Å². The minimum atomic E-state index is -0.190. The normalized spacial score (nSPS) is 23.9. The van der Waals surface area contributed by atoms with Crippen LogP contribution in [0.1, 0.15) is 65.7 Å². The number of nitrogens with two attached hydrogens (primary N) is 1. The van der Waals surface area contributed by atoms with E-state index < -0.39 is 0 Å². The minimum absolute atomic E-state index is 0.190. The summed E-state index contributed by atoms with van der Waals surface area (Å²) < 4.78 is 0. The molecule has 2 aliphatic heterocycles. The van der Waals surface area contributed by atoms with Crippen LogP contribution in [-0.2, 0) is 4.79 Å². The molecule has 2 fully saturated rings. The summed E-state index contributed by atoms with van der Waals surface area (Å²) in [6, 6.07) is 0.503. The Morgan fingerprint density at radius 1 is 1.15 bits per heavy atom. The predicted octanol–water partition coefficient (Wildman–Crippen LogP) is 2.44. The molecule has 0 aromatic heterocycles. The summed E-state index contributed by atoms with van der Waals surface area (Å²) in [6.07, 6.45) is 8.02. The highest BCUT2D eigenvalue weighted by molar-refractivity contribution is 5.80. The van der Waals surface area contributed by atoms with Crippen molar-refractivity contribution in [2.45, 2.75) is 71.8 Å². The molecule has 0 aromatic carbocycles. The quantitative estimate of drug-likeness (QED) is 0.526. The van der Waals surface area contributed by atoms with Crippen molar-refractivity contribution in [2.75, 3.05) is 39.3 Å². The standard InChI is InChI=1S/C21H41N5O/c1-4-23-21(26-13-9-10-18(16-26)14-20(22)27)24-15-19(17(2)3)25-11-7-5-6-8-12-25/h17-19H,4-16H2,1-3H3,(H2,22,27)(H,23,24). The van der Waals surface area contributed by atoms with Gasteiger partial charge in [-0.3, -0.25) is 14.7 Å². The van der Waals surface area contributed by atoms with E-state index in [9.17, 15) is 4.79 Å². The zero-order valence-corrected chi connectivity index (χ0v) is 17.8. The maximum Gasteiger partial charge on any atom is 0.217 e. The highest BCUT2D eigenvalue weighted by Crippen LogP contribution is 2.21. The molecule has 3 N–H and O–H groups in total. The lowest BCUT2D eigenvalue weighted by Crippen LogP contribution is -2.48. The van der Waals surface area contributed by atoms with E-state index in [4.69, 9.17) is 10.7 Å². The van der Waals surface area contributed by atoms with Crippen molar-refractivity contribution in [1.29, 1.82) is 0 Å². The number of likely N-dealkylation sites (tertiary alicyclic amines) is 2. The molecule has 2 heterocycles. The Bertz CT molecular complexity index is 471. The fraction of sp³-hybridized carbons (Fsp3) is 0.905. The maximum absolute atomic E-state index is 11.3. The molecule has 27 heavy (non-hydrogen) atoms. The summed E-state index contributed by atoms with van der Waals surface area (Å²) in [5, 5.41) is 3.48. The third-order valence-corrected chi connectivity index (χ3v) is 5.95. The smallest absolute Gasteiger partial charge is 0.217 e. The number of primary amides is 1. The number of carbonyl (C=O) groups excluding carboxylic acids is 1. The molecule has 0 radical (unpaired) electrons. The van der Waals surface area contributed by atoms with Crippen LogP contribution in [0.2, 0.25) is 0 Å². The molecule has 2 rings (SSSR count). The number of guanidine groups is 1. The van der Waals surface area contributed by atoms with Crippen LogP contribution in [0.25, 0.3) is 0 Å². The maximum atomic E-state index is 11.3. The molecule has 0 spiro atoms. The van der Waals surface area contributed by atoms with E-state index >= 15 is 0 Å². The van der Waals surface area contributed by atoms with Crippen LogP contribution in [0.3, 0.4) is 0 Å². The molecule has 0 aliphatic carbocycles. The number of hydrogen-bond donors (Lipinski definition) is 2. The molecular formula is C21H41N5O. The van der Waals surface area contributed by atoms with Crippen LogP contribution >= 0.6 is 0 Å². The molecule has 0 saturated carbocycles. The van der Waals surface area contributed by atoms with Crippen LogP contribution in [0.4, 0.5) is 0 Å². The molecule has 0 bridgehead atoms. The molecule has 2 atom stereocenters. The monoisotopic (exact) mass is 379 g/mol. The van der Waals surface area contributed by atoms with Gasteiger partial charge in [0.05, 0.1) is 6.54 Å². The Kier molecular flexibility index (Phi) is 9.39. The fourth-order valence-electron chi connectivity index (χ4n) is 4.49. The van der Waals surface area contributed by atoms with Gasteiger partial charge in [0.1, 0.15) is 0 Å². The predicted molar refractivity (Wildman–Crippen MR) is 113 cm³/mol. The van der Waals surface area contributed by atoms with Gasteiger partial charge in [-0.25, -0.2) is 0 Å². The lowest BCUT2D eigenvalue weighted by Gasteiger charge is -2.36. The van der Waals surface area contributed by atoms with Gasteiger partial charge in [-0.2, -0.15) is 0 Å². The van der Waals surface area contributed by atoms with Gasteiger partial charge in [0.25, 0.3) is 0 Å². The van der Waals surface area contributed by atoms with E-state index in [0.29, 0.717) is 24.3 Å². The van der Waals surface area contributed by atoms with Gasteiger partial charge < -0.3 is 16.0 Å². The van der Waals surface area contributed by atoms with Crippen molar-refractivity contribution in [3.05, 3.63) is 0 Å². The summed E-state index contributed by atoms with van der Waals surface area (Å²) in [5.74, 6) is 1.77. The number of nitrogens with zero attached hydrogens (tertiary/aromatic N) is 3. The third kappa shape index (κ3) is 7.32. The van der Waals surface area contributed by atoms with Crippen LogP contribution < -0.4 is 11.1 Å². The average molecular weight is 380 g/mol. The zero-order valence-electron chi connectivity index (χ0n) is 17.8. The van der Waals surface area contributed by atoms with Crippen molar-refractivity contribution >= 4 is 11.9 Å². The minimum Gasteiger partial charge on any atom is -0.370 e. The molecule has 1 amide bonds. The molecule has 6 heteroatoms. The van der Waals surface area contributed by atoms with Gasteiger partial charge >= 0.3 is 0 Å². The Balaban J connectivity index is 2.04. The molecule has 2 aliphatic rings. The summed E-state index contributed by atoms with van der Waals surface area (Å²) in [6.45, 7) is 12.8. The number of nitrogens with one attached hydrogen (secondary N) is 1. The van der Waals surface area contributed by atoms with E-state index in [0.717, 1.165) is 45.0 Å². The van der Waals surface area contributed by atoms with E-state index in [1.807, 2.05) is 0 Å². The lowest BCUT2D eigenvalue weighted by atomic mass is 9.95.